The summed E-state index contributed by atoms with van der Waals surface area (Å²) in [5.41, 5.74) is 4.50. The number of aromatic nitrogens is 5. The summed E-state index contributed by atoms with van der Waals surface area (Å²) in [4.78, 5) is 12.2. The first-order valence-electron chi connectivity index (χ1n) is 9.29. The van der Waals surface area contributed by atoms with Crippen LogP contribution in [0.25, 0.3) is 21.9 Å². The van der Waals surface area contributed by atoms with Crippen LogP contribution in [-0.4, -0.2) is 31.3 Å². The Morgan fingerprint density at radius 1 is 1.00 bits per heavy atom. The molecule has 6 heteroatoms. The molecule has 0 aliphatic rings. The summed E-state index contributed by atoms with van der Waals surface area (Å²) in [6.45, 7) is 0.715. The highest BCUT2D eigenvalue weighted by atomic mass is 15.3. The number of H-pyrrole nitrogens is 1. The fourth-order valence-corrected chi connectivity index (χ4v) is 3.78. The van der Waals surface area contributed by atoms with Crippen molar-refractivity contribution in [3.05, 3.63) is 84.4 Å². The number of benzene rings is 2. The van der Waals surface area contributed by atoms with Gasteiger partial charge in [0, 0.05) is 36.6 Å². The van der Waals surface area contributed by atoms with Gasteiger partial charge in [0.15, 0.2) is 5.65 Å². The maximum atomic E-state index is 4.45. The zero-order valence-corrected chi connectivity index (χ0v) is 15.5. The summed E-state index contributed by atoms with van der Waals surface area (Å²) in [5, 5.41) is 10.0. The summed E-state index contributed by atoms with van der Waals surface area (Å²) in [5.74, 6) is 0.984. The van der Waals surface area contributed by atoms with Gasteiger partial charge in [0.1, 0.15) is 12.1 Å². The highest BCUT2D eigenvalue weighted by Crippen LogP contribution is 2.31. The van der Waals surface area contributed by atoms with Gasteiger partial charge in [-0.2, -0.15) is 5.10 Å². The number of rotatable bonds is 5. The summed E-state index contributed by atoms with van der Waals surface area (Å²) in [6, 6.07) is 19.0. The molecule has 3 heterocycles. The maximum Gasteiger partial charge on any atom is 0.163 e. The minimum Gasteiger partial charge on any atom is -0.368 e. The summed E-state index contributed by atoms with van der Waals surface area (Å²) in [7, 11) is 1.89. The van der Waals surface area contributed by atoms with Gasteiger partial charge in [0.2, 0.25) is 0 Å². The molecule has 0 bridgehead atoms. The zero-order chi connectivity index (χ0) is 18.9. The number of fused-ring (bicyclic) bond motifs is 2. The van der Waals surface area contributed by atoms with Crippen molar-refractivity contribution >= 4 is 27.8 Å². The predicted octanol–water partition coefficient (Wildman–Crippen LogP) is 4.09. The largest absolute Gasteiger partial charge is 0.368 e. The van der Waals surface area contributed by atoms with Crippen LogP contribution >= 0.6 is 0 Å². The van der Waals surface area contributed by atoms with E-state index in [1.807, 2.05) is 13.1 Å². The van der Waals surface area contributed by atoms with Crippen molar-refractivity contribution in [3.8, 4) is 0 Å². The molecule has 2 aromatic carbocycles. The van der Waals surface area contributed by atoms with E-state index in [-0.39, 0.29) is 5.92 Å². The Morgan fingerprint density at radius 3 is 2.71 bits per heavy atom. The molecule has 5 aromatic rings. The van der Waals surface area contributed by atoms with E-state index in [0.717, 1.165) is 22.4 Å². The molecule has 2 N–H and O–H groups in total. The first-order chi connectivity index (χ1) is 13.8. The Bertz CT molecular complexity index is 1240. The topological polar surface area (TPSA) is 71.4 Å². The summed E-state index contributed by atoms with van der Waals surface area (Å²) < 4.78 is 1.76. The second-order valence-electron chi connectivity index (χ2n) is 6.86. The fourth-order valence-electron chi connectivity index (χ4n) is 3.78. The number of para-hydroxylation sites is 1. The number of nitrogens with one attached hydrogen (secondary N) is 2. The number of aryl methyl sites for hydroxylation is 1. The minimum atomic E-state index is 0.180. The van der Waals surface area contributed by atoms with Gasteiger partial charge in [-0.25, -0.2) is 9.97 Å². The lowest BCUT2D eigenvalue weighted by Crippen LogP contribution is -2.15. The molecule has 138 valence electrons. The summed E-state index contributed by atoms with van der Waals surface area (Å²) in [6.07, 6.45) is 5.50. The van der Waals surface area contributed by atoms with Gasteiger partial charge in [-0.05, 0) is 17.2 Å². The number of anilines is 1. The Labute approximate surface area is 162 Å². The van der Waals surface area contributed by atoms with Crippen LogP contribution in [0.5, 0.6) is 0 Å². The molecule has 0 aliphatic carbocycles. The Hall–Kier alpha value is -3.67. The van der Waals surface area contributed by atoms with E-state index < -0.39 is 0 Å². The lowest BCUT2D eigenvalue weighted by Gasteiger charge is -2.18. The van der Waals surface area contributed by atoms with Crippen LogP contribution in [0, 0.1) is 0 Å². The average Bonchev–Trinajstić information content (AvgIpc) is 3.34. The molecular weight excluding hydrogens is 348 g/mol. The number of nitrogens with zero attached hydrogens (tertiary/aromatic N) is 4. The van der Waals surface area contributed by atoms with Crippen molar-refractivity contribution < 1.29 is 0 Å². The molecule has 0 amide bonds. The molecular formula is C22H20N6. The molecule has 0 spiro atoms. The Kier molecular flexibility index (Phi) is 4.01. The van der Waals surface area contributed by atoms with Crippen LogP contribution < -0.4 is 5.32 Å². The predicted molar refractivity (Wildman–Crippen MR) is 111 cm³/mol. The lowest BCUT2D eigenvalue weighted by molar-refractivity contribution is 0.785. The molecule has 3 aromatic heterocycles. The van der Waals surface area contributed by atoms with Crippen molar-refractivity contribution in [3.63, 3.8) is 0 Å². The highest BCUT2D eigenvalue weighted by Gasteiger charge is 2.19. The van der Waals surface area contributed by atoms with E-state index in [2.05, 4.69) is 80.1 Å². The summed E-state index contributed by atoms with van der Waals surface area (Å²) >= 11 is 0. The number of aromatic amines is 1. The van der Waals surface area contributed by atoms with E-state index >= 15 is 0 Å². The fraction of sp³-hybridized carbons (Fsp3) is 0.136. The Morgan fingerprint density at radius 2 is 1.82 bits per heavy atom. The van der Waals surface area contributed by atoms with E-state index in [1.165, 1.54) is 16.5 Å². The van der Waals surface area contributed by atoms with Crippen molar-refractivity contribution in [2.75, 3.05) is 11.9 Å². The molecule has 6 nitrogen and oxygen atoms in total. The lowest BCUT2D eigenvalue weighted by atomic mass is 9.91. The molecule has 5 rings (SSSR count). The standard InChI is InChI=1S/C22H20N6/c1-28-22-19(13-27-28)21(25-14-26-22)24-11-17(15-7-3-2-4-8-15)18-12-23-20-10-6-5-9-16(18)20/h2-10,12-14,17,23H,11H2,1H3,(H,24,25,26). The monoisotopic (exact) mass is 368 g/mol. The molecule has 1 atom stereocenters. The second-order valence-corrected chi connectivity index (χ2v) is 6.86. The normalized spacial score (nSPS) is 12.5. The van der Waals surface area contributed by atoms with Crippen LogP contribution in [0.4, 0.5) is 5.82 Å². The molecule has 1 unspecified atom stereocenters. The maximum absolute atomic E-state index is 4.45. The molecule has 0 fully saturated rings. The highest BCUT2D eigenvalue weighted by molar-refractivity contribution is 5.86. The van der Waals surface area contributed by atoms with Gasteiger partial charge < -0.3 is 10.3 Å². The number of hydrogen-bond acceptors (Lipinski definition) is 4. The van der Waals surface area contributed by atoms with Crippen LogP contribution in [0.1, 0.15) is 17.0 Å². The van der Waals surface area contributed by atoms with Gasteiger partial charge in [0.05, 0.1) is 11.6 Å². The third-order valence-electron chi connectivity index (χ3n) is 5.20. The van der Waals surface area contributed by atoms with Crippen LogP contribution in [0.3, 0.4) is 0 Å². The molecule has 28 heavy (non-hydrogen) atoms. The van der Waals surface area contributed by atoms with Gasteiger partial charge >= 0.3 is 0 Å². The molecule has 0 radical (unpaired) electrons. The van der Waals surface area contributed by atoms with Crippen molar-refractivity contribution in [2.24, 2.45) is 7.05 Å². The second kappa shape index (κ2) is 6.81. The van der Waals surface area contributed by atoms with Gasteiger partial charge in [-0.3, -0.25) is 4.68 Å². The minimum absolute atomic E-state index is 0.180. The van der Waals surface area contributed by atoms with E-state index in [1.54, 1.807) is 17.2 Å². The van der Waals surface area contributed by atoms with Crippen molar-refractivity contribution in [2.45, 2.75) is 5.92 Å². The third kappa shape index (κ3) is 2.79. The van der Waals surface area contributed by atoms with E-state index in [0.29, 0.717) is 6.54 Å². The SMILES string of the molecule is Cn1ncc2c(NCC(c3ccccc3)c3c[nH]c4ccccc34)ncnc21. The smallest absolute Gasteiger partial charge is 0.163 e. The molecule has 0 saturated carbocycles. The van der Waals surface area contributed by atoms with E-state index in [4.69, 9.17) is 0 Å². The van der Waals surface area contributed by atoms with Gasteiger partial charge in [-0.1, -0.05) is 48.5 Å². The quantitative estimate of drug-likeness (QED) is 0.490. The first kappa shape index (κ1) is 16.5. The number of hydrogen-bond donors (Lipinski definition) is 2. The molecule has 0 saturated heterocycles. The molecule has 0 aliphatic heterocycles. The van der Waals surface area contributed by atoms with E-state index in [9.17, 15) is 0 Å². The first-order valence-corrected chi connectivity index (χ1v) is 9.29. The zero-order valence-electron chi connectivity index (χ0n) is 15.5. The van der Waals surface area contributed by atoms with Gasteiger partial charge in [-0.15, -0.1) is 0 Å². The third-order valence-corrected chi connectivity index (χ3v) is 5.20. The van der Waals surface area contributed by atoms with Crippen LogP contribution in [-0.2, 0) is 7.05 Å². The van der Waals surface area contributed by atoms with Gasteiger partial charge in [0.25, 0.3) is 0 Å². The van der Waals surface area contributed by atoms with Crippen molar-refractivity contribution in [1.29, 1.82) is 0 Å². The van der Waals surface area contributed by atoms with Crippen LogP contribution in [0.15, 0.2) is 73.3 Å². The van der Waals surface area contributed by atoms with Crippen LogP contribution in [0.2, 0.25) is 0 Å². The van der Waals surface area contributed by atoms with Crippen molar-refractivity contribution in [1.82, 2.24) is 24.7 Å². The Balaban J connectivity index is 1.54. The average molecular weight is 368 g/mol.